The van der Waals surface area contributed by atoms with Crippen molar-refractivity contribution in [2.24, 2.45) is 0 Å². The van der Waals surface area contributed by atoms with Crippen LogP contribution in [0.3, 0.4) is 0 Å². The van der Waals surface area contributed by atoms with E-state index in [1.807, 2.05) is 10.9 Å². The Balaban J connectivity index is 1.97. The quantitative estimate of drug-likeness (QED) is 0.801. The molecular formula is C12H21N7. The lowest BCUT2D eigenvalue weighted by molar-refractivity contribution is 0.532. The van der Waals surface area contributed by atoms with Crippen LogP contribution in [0.4, 0.5) is 0 Å². The molecule has 7 nitrogen and oxygen atoms in total. The maximum Gasteiger partial charge on any atom is 0.148 e. The van der Waals surface area contributed by atoms with E-state index in [0.717, 1.165) is 31.0 Å². The van der Waals surface area contributed by atoms with Gasteiger partial charge in [0.2, 0.25) is 0 Å². The summed E-state index contributed by atoms with van der Waals surface area (Å²) < 4.78 is 3.71. The summed E-state index contributed by atoms with van der Waals surface area (Å²) in [7, 11) is 0. The van der Waals surface area contributed by atoms with E-state index in [1.54, 1.807) is 11.0 Å². The van der Waals surface area contributed by atoms with Gasteiger partial charge in [-0.1, -0.05) is 26.0 Å². The minimum Gasteiger partial charge on any atom is -0.309 e. The second-order valence-electron chi connectivity index (χ2n) is 4.84. The molecule has 0 bridgehead atoms. The molecule has 0 fully saturated rings. The predicted molar refractivity (Wildman–Crippen MR) is 71.4 cm³/mol. The molecule has 0 aliphatic heterocycles. The molecule has 0 saturated heterocycles. The maximum atomic E-state index is 4.26. The number of aryl methyl sites for hydroxylation is 1. The number of rotatable bonds is 7. The average molecular weight is 263 g/mol. The Morgan fingerprint density at radius 1 is 1.37 bits per heavy atom. The molecule has 0 atom stereocenters. The van der Waals surface area contributed by atoms with Crippen molar-refractivity contribution in [2.75, 3.05) is 0 Å². The van der Waals surface area contributed by atoms with Crippen LogP contribution in [0.1, 0.15) is 38.7 Å². The van der Waals surface area contributed by atoms with Crippen LogP contribution < -0.4 is 5.32 Å². The van der Waals surface area contributed by atoms with Crippen LogP contribution >= 0.6 is 0 Å². The first-order valence-corrected chi connectivity index (χ1v) is 6.68. The third-order valence-corrected chi connectivity index (χ3v) is 2.71. The van der Waals surface area contributed by atoms with E-state index in [1.165, 1.54) is 0 Å². The molecule has 19 heavy (non-hydrogen) atoms. The Hall–Kier alpha value is -1.76. The van der Waals surface area contributed by atoms with Crippen molar-refractivity contribution >= 4 is 0 Å². The van der Waals surface area contributed by atoms with Crippen LogP contribution in [0.15, 0.2) is 12.5 Å². The lowest BCUT2D eigenvalue weighted by Crippen LogP contribution is -2.21. The summed E-state index contributed by atoms with van der Waals surface area (Å²) in [5.41, 5.74) is 0.940. The van der Waals surface area contributed by atoms with Crippen molar-refractivity contribution in [3.05, 3.63) is 24.0 Å². The highest BCUT2D eigenvalue weighted by molar-refractivity contribution is 4.94. The molecule has 0 aliphatic carbocycles. The first-order chi connectivity index (χ1) is 9.19. The van der Waals surface area contributed by atoms with E-state index < -0.39 is 0 Å². The summed E-state index contributed by atoms with van der Waals surface area (Å²) in [6, 6.07) is 0.442. The number of nitrogens with zero attached hydrogens (tertiary/aromatic N) is 6. The van der Waals surface area contributed by atoms with Crippen molar-refractivity contribution in [2.45, 2.75) is 52.9 Å². The van der Waals surface area contributed by atoms with Crippen LogP contribution in [-0.4, -0.2) is 35.8 Å². The summed E-state index contributed by atoms with van der Waals surface area (Å²) in [6.45, 7) is 8.56. The Kier molecular flexibility index (Phi) is 4.62. The van der Waals surface area contributed by atoms with Crippen LogP contribution in [-0.2, 0) is 19.6 Å². The molecule has 7 heteroatoms. The van der Waals surface area contributed by atoms with E-state index in [-0.39, 0.29) is 0 Å². The normalized spacial score (nSPS) is 11.4. The number of nitrogens with one attached hydrogen (secondary N) is 1. The van der Waals surface area contributed by atoms with Crippen LogP contribution in [0.2, 0.25) is 0 Å². The Labute approximate surface area is 113 Å². The zero-order chi connectivity index (χ0) is 13.7. The van der Waals surface area contributed by atoms with E-state index in [4.69, 9.17) is 0 Å². The summed E-state index contributed by atoms with van der Waals surface area (Å²) in [5, 5.41) is 15.8. The second-order valence-corrected chi connectivity index (χ2v) is 4.84. The van der Waals surface area contributed by atoms with Gasteiger partial charge in [-0.25, -0.2) is 14.3 Å². The van der Waals surface area contributed by atoms with Crippen molar-refractivity contribution in [3.63, 3.8) is 0 Å². The van der Waals surface area contributed by atoms with Gasteiger partial charge in [0.15, 0.2) is 0 Å². The molecule has 1 N–H and O–H groups in total. The monoisotopic (exact) mass is 263 g/mol. The molecule has 0 amide bonds. The molecule has 2 rings (SSSR count). The van der Waals surface area contributed by atoms with Crippen molar-refractivity contribution in [3.8, 4) is 0 Å². The van der Waals surface area contributed by atoms with E-state index in [2.05, 4.69) is 46.5 Å². The van der Waals surface area contributed by atoms with Crippen LogP contribution in [0.25, 0.3) is 0 Å². The first kappa shape index (κ1) is 13.7. The van der Waals surface area contributed by atoms with E-state index >= 15 is 0 Å². The Bertz CT molecular complexity index is 500. The zero-order valence-electron chi connectivity index (χ0n) is 11.7. The van der Waals surface area contributed by atoms with Crippen LogP contribution in [0, 0.1) is 0 Å². The highest BCUT2D eigenvalue weighted by Gasteiger charge is 2.07. The van der Waals surface area contributed by atoms with Gasteiger partial charge in [-0.05, 0) is 6.42 Å². The zero-order valence-corrected chi connectivity index (χ0v) is 11.7. The minimum atomic E-state index is 0.442. The Morgan fingerprint density at radius 3 is 2.95 bits per heavy atom. The lowest BCUT2D eigenvalue weighted by Gasteiger charge is -2.04. The molecule has 0 unspecified atom stereocenters. The third kappa shape index (κ3) is 3.85. The van der Waals surface area contributed by atoms with Gasteiger partial charge < -0.3 is 5.32 Å². The van der Waals surface area contributed by atoms with E-state index in [0.29, 0.717) is 12.6 Å². The third-order valence-electron chi connectivity index (χ3n) is 2.71. The number of aromatic nitrogens is 6. The molecule has 2 heterocycles. The topological polar surface area (TPSA) is 73.5 Å². The van der Waals surface area contributed by atoms with Gasteiger partial charge in [0.1, 0.15) is 18.7 Å². The molecule has 0 spiro atoms. The summed E-state index contributed by atoms with van der Waals surface area (Å²) >= 11 is 0. The van der Waals surface area contributed by atoms with Gasteiger partial charge in [0.25, 0.3) is 0 Å². The van der Waals surface area contributed by atoms with Crippen molar-refractivity contribution in [1.29, 1.82) is 0 Å². The molecule has 0 aromatic carbocycles. The number of hydrogen-bond acceptors (Lipinski definition) is 5. The summed E-state index contributed by atoms with van der Waals surface area (Å²) in [4.78, 5) is 4.26. The second kappa shape index (κ2) is 6.42. The van der Waals surface area contributed by atoms with Gasteiger partial charge in [-0.2, -0.15) is 5.10 Å². The maximum absolute atomic E-state index is 4.26. The molecule has 0 saturated carbocycles. The van der Waals surface area contributed by atoms with Gasteiger partial charge in [0.05, 0.1) is 11.9 Å². The molecule has 2 aromatic heterocycles. The van der Waals surface area contributed by atoms with Crippen molar-refractivity contribution < 1.29 is 0 Å². The molecule has 0 radical (unpaired) electrons. The fourth-order valence-corrected chi connectivity index (χ4v) is 1.76. The predicted octanol–water partition coefficient (Wildman–Crippen LogP) is 0.826. The highest BCUT2D eigenvalue weighted by atomic mass is 15.4. The molecular weight excluding hydrogens is 242 g/mol. The fourth-order valence-electron chi connectivity index (χ4n) is 1.76. The lowest BCUT2D eigenvalue weighted by atomic mass is 10.3. The minimum absolute atomic E-state index is 0.442. The largest absolute Gasteiger partial charge is 0.309 e. The van der Waals surface area contributed by atoms with Gasteiger partial charge in [-0.3, -0.25) is 0 Å². The SMILES string of the molecule is CCCn1ncnc1Cn1cc(CNC(C)C)nn1. The van der Waals surface area contributed by atoms with Crippen molar-refractivity contribution in [1.82, 2.24) is 35.1 Å². The number of hydrogen-bond donors (Lipinski definition) is 1. The van der Waals surface area contributed by atoms with Gasteiger partial charge in [-0.15, -0.1) is 5.10 Å². The van der Waals surface area contributed by atoms with Crippen LogP contribution in [0.5, 0.6) is 0 Å². The summed E-state index contributed by atoms with van der Waals surface area (Å²) in [5.74, 6) is 0.912. The standard InChI is InChI=1S/C12H21N7/c1-4-5-19-12(14-9-15-19)8-18-7-11(16-17-18)6-13-10(2)3/h7,9-10,13H,4-6,8H2,1-3H3. The summed E-state index contributed by atoms with van der Waals surface area (Å²) in [6.07, 6.45) is 4.57. The van der Waals surface area contributed by atoms with Gasteiger partial charge in [0, 0.05) is 19.1 Å². The molecule has 0 aliphatic rings. The van der Waals surface area contributed by atoms with Gasteiger partial charge >= 0.3 is 0 Å². The average Bonchev–Trinajstić information content (AvgIpc) is 2.98. The van der Waals surface area contributed by atoms with E-state index in [9.17, 15) is 0 Å². The Morgan fingerprint density at radius 2 is 2.21 bits per heavy atom. The fraction of sp³-hybridized carbons (Fsp3) is 0.667. The smallest absolute Gasteiger partial charge is 0.148 e. The molecule has 104 valence electrons. The highest BCUT2D eigenvalue weighted by Crippen LogP contribution is 2.01. The first-order valence-electron chi connectivity index (χ1n) is 6.68. The molecule has 2 aromatic rings.